The zero-order chi connectivity index (χ0) is 16.5. The predicted octanol–water partition coefficient (Wildman–Crippen LogP) is 3.93. The van der Waals surface area contributed by atoms with Crippen molar-refractivity contribution in [3.05, 3.63) is 59.7 Å². The minimum absolute atomic E-state index is 1.04. The first kappa shape index (κ1) is 15.2. The fraction of sp³-hybridized carbons (Fsp3) is 0.286. The van der Waals surface area contributed by atoms with E-state index in [1.165, 1.54) is 27.8 Å². The van der Waals surface area contributed by atoms with E-state index in [2.05, 4.69) is 72.6 Å². The molecule has 24 heavy (non-hydrogen) atoms. The number of benzene rings is 2. The molecule has 1 aliphatic rings. The summed E-state index contributed by atoms with van der Waals surface area (Å²) in [5.74, 6) is 0. The van der Waals surface area contributed by atoms with Crippen molar-refractivity contribution in [2.45, 2.75) is 13.8 Å². The lowest BCUT2D eigenvalue weighted by molar-refractivity contribution is 0.590. The molecule has 0 radical (unpaired) electrons. The molecule has 0 bridgehead atoms. The summed E-state index contributed by atoms with van der Waals surface area (Å²) in [6.45, 7) is 8.50. The average Bonchev–Trinajstić information content (AvgIpc) is 2.62. The van der Waals surface area contributed by atoms with E-state index in [1.54, 1.807) is 0 Å². The Balaban J connectivity index is 1.96. The van der Waals surface area contributed by atoms with Crippen molar-refractivity contribution < 1.29 is 0 Å². The summed E-state index contributed by atoms with van der Waals surface area (Å²) in [6.07, 6.45) is 0. The Morgan fingerprint density at radius 3 is 2.46 bits per heavy atom. The van der Waals surface area contributed by atoms with Gasteiger partial charge < -0.3 is 10.2 Å². The molecule has 3 heteroatoms. The van der Waals surface area contributed by atoms with Gasteiger partial charge in [-0.3, -0.25) is 0 Å². The van der Waals surface area contributed by atoms with Crippen molar-refractivity contribution in [1.29, 1.82) is 0 Å². The third-order valence-electron chi connectivity index (χ3n) is 4.76. The van der Waals surface area contributed by atoms with Gasteiger partial charge in [0.05, 0.1) is 11.2 Å². The zero-order valence-corrected chi connectivity index (χ0v) is 14.3. The minimum Gasteiger partial charge on any atom is -0.368 e. The van der Waals surface area contributed by atoms with Crippen LogP contribution in [0.25, 0.3) is 22.2 Å². The topological polar surface area (TPSA) is 28.2 Å². The highest BCUT2D eigenvalue weighted by Gasteiger charge is 2.17. The molecule has 2 aromatic carbocycles. The quantitative estimate of drug-likeness (QED) is 0.776. The van der Waals surface area contributed by atoms with Crippen molar-refractivity contribution in [3.63, 3.8) is 0 Å². The molecule has 0 saturated carbocycles. The van der Waals surface area contributed by atoms with E-state index >= 15 is 0 Å². The van der Waals surface area contributed by atoms with Crippen LogP contribution in [0.3, 0.4) is 0 Å². The molecule has 0 atom stereocenters. The number of aromatic nitrogens is 1. The number of hydrogen-bond donors (Lipinski definition) is 1. The van der Waals surface area contributed by atoms with Crippen molar-refractivity contribution >= 4 is 16.6 Å². The Morgan fingerprint density at radius 1 is 0.958 bits per heavy atom. The van der Waals surface area contributed by atoms with Gasteiger partial charge in [0.25, 0.3) is 0 Å². The smallest absolute Gasteiger partial charge is 0.0735 e. The van der Waals surface area contributed by atoms with Crippen LogP contribution in [-0.2, 0) is 0 Å². The van der Waals surface area contributed by atoms with Crippen molar-refractivity contribution in [2.24, 2.45) is 0 Å². The first-order valence-electron chi connectivity index (χ1n) is 8.65. The summed E-state index contributed by atoms with van der Waals surface area (Å²) in [5.41, 5.74) is 7.23. The molecule has 4 rings (SSSR count). The van der Waals surface area contributed by atoms with E-state index in [0.717, 1.165) is 37.4 Å². The van der Waals surface area contributed by atoms with Crippen LogP contribution in [0.5, 0.6) is 0 Å². The molecule has 0 amide bonds. The van der Waals surface area contributed by atoms with Crippen LogP contribution in [0, 0.1) is 13.8 Å². The summed E-state index contributed by atoms with van der Waals surface area (Å²) in [6, 6.07) is 17.2. The number of aryl methyl sites for hydroxylation is 2. The Morgan fingerprint density at radius 2 is 1.71 bits per heavy atom. The molecule has 1 fully saturated rings. The van der Waals surface area contributed by atoms with Crippen LogP contribution in [-0.4, -0.2) is 31.2 Å². The first-order valence-corrected chi connectivity index (χ1v) is 8.65. The van der Waals surface area contributed by atoms with Gasteiger partial charge in [0.1, 0.15) is 0 Å². The largest absolute Gasteiger partial charge is 0.368 e. The normalized spacial score (nSPS) is 15.0. The number of hydrogen-bond acceptors (Lipinski definition) is 3. The number of piperazine rings is 1. The molecule has 3 nitrogen and oxygen atoms in total. The fourth-order valence-corrected chi connectivity index (χ4v) is 3.64. The predicted molar refractivity (Wildman–Crippen MR) is 102 cm³/mol. The van der Waals surface area contributed by atoms with Crippen molar-refractivity contribution in [1.82, 2.24) is 10.3 Å². The van der Waals surface area contributed by atoms with E-state index in [9.17, 15) is 0 Å². The summed E-state index contributed by atoms with van der Waals surface area (Å²) < 4.78 is 0. The van der Waals surface area contributed by atoms with Crippen LogP contribution in [0.1, 0.15) is 11.1 Å². The Kier molecular flexibility index (Phi) is 3.95. The maximum absolute atomic E-state index is 4.98. The van der Waals surface area contributed by atoms with Crippen LogP contribution >= 0.6 is 0 Å². The van der Waals surface area contributed by atoms with Gasteiger partial charge in [-0.2, -0.15) is 0 Å². The van der Waals surface area contributed by atoms with Gasteiger partial charge in [-0.1, -0.05) is 36.4 Å². The molecule has 0 unspecified atom stereocenters. The van der Waals surface area contributed by atoms with Gasteiger partial charge in [0, 0.05) is 42.8 Å². The highest BCUT2D eigenvalue weighted by molar-refractivity contribution is 5.97. The number of nitrogens with one attached hydrogen (secondary N) is 1. The lowest BCUT2D eigenvalue weighted by atomic mass is 10.0. The highest BCUT2D eigenvalue weighted by atomic mass is 15.2. The molecular formula is C21H23N3. The van der Waals surface area contributed by atoms with Crippen LogP contribution < -0.4 is 10.2 Å². The maximum Gasteiger partial charge on any atom is 0.0735 e. The lowest BCUT2D eigenvalue weighted by Gasteiger charge is -2.31. The SMILES string of the molecule is Cc1cc(C)c2c(N3CCNCC3)cc(-c3ccccc3)nc2c1. The second-order valence-corrected chi connectivity index (χ2v) is 6.61. The summed E-state index contributed by atoms with van der Waals surface area (Å²) in [7, 11) is 0. The molecule has 122 valence electrons. The molecule has 0 aliphatic carbocycles. The number of anilines is 1. The van der Waals surface area contributed by atoms with E-state index < -0.39 is 0 Å². The Labute approximate surface area is 143 Å². The van der Waals surface area contributed by atoms with E-state index in [4.69, 9.17) is 4.98 Å². The fourth-order valence-electron chi connectivity index (χ4n) is 3.64. The van der Waals surface area contributed by atoms with Gasteiger partial charge >= 0.3 is 0 Å². The molecular weight excluding hydrogens is 294 g/mol. The average molecular weight is 317 g/mol. The van der Waals surface area contributed by atoms with Gasteiger partial charge in [-0.25, -0.2) is 4.98 Å². The molecule has 3 aromatic rings. The van der Waals surface area contributed by atoms with Crippen molar-refractivity contribution in [3.8, 4) is 11.3 Å². The monoisotopic (exact) mass is 317 g/mol. The Bertz CT molecular complexity index is 865. The standard InChI is InChI=1S/C21H23N3/c1-15-12-16(2)21-19(13-15)23-18(17-6-4-3-5-7-17)14-20(21)24-10-8-22-9-11-24/h3-7,12-14,22H,8-11H2,1-2H3. The second kappa shape index (κ2) is 6.25. The first-order chi connectivity index (χ1) is 11.7. The van der Waals surface area contributed by atoms with Gasteiger partial charge in [-0.05, 0) is 37.1 Å². The third kappa shape index (κ3) is 2.76. The lowest BCUT2D eigenvalue weighted by Crippen LogP contribution is -2.43. The number of pyridine rings is 1. The van der Waals surface area contributed by atoms with Crippen LogP contribution in [0.15, 0.2) is 48.5 Å². The maximum atomic E-state index is 4.98. The highest BCUT2D eigenvalue weighted by Crippen LogP contribution is 2.33. The summed E-state index contributed by atoms with van der Waals surface area (Å²) >= 11 is 0. The van der Waals surface area contributed by atoms with Gasteiger partial charge in [0.15, 0.2) is 0 Å². The van der Waals surface area contributed by atoms with Crippen molar-refractivity contribution in [2.75, 3.05) is 31.1 Å². The molecule has 1 saturated heterocycles. The summed E-state index contributed by atoms with van der Waals surface area (Å²) in [4.78, 5) is 7.48. The van der Waals surface area contributed by atoms with E-state index in [0.29, 0.717) is 0 Å². The molecule has 1 N–H and O–H groups in total. The minimum atomic E-state index is 1.04. The molecule has 1 aromatic heterocycles. The molecule has 1 aliphatic heterocycles. The number of nitrogens with zero attached hydrogens (tertiary/aromatic N) is 2. The van der Waals surface area contributed by atoms with Gasteiger partial charge in [0.2, 0.25) is 0 Å². The van der Waals surface area contributed by atoms with E-state index in [-0.39, 0.29) is 0 Å². The van der Waals surface area contributed by atoms with Gasteiger partial charge in [-0.15, -0.1) is 0 Å². The summed E-state index contributed by atoms with van der Waals surface area (Å²) in [5, 5.41) is 4.74. The third-order valence-corrected chi connectivity index (χ3v) is 4.76. The Hall–Kier alpha value is -2.39. The van der Waals surface area contributed by atoms with E-state index in [1.807, 2.05) is 0 Å². The van der Waals surface area contributed by atoms with Crippen LogP contribution in [0.4, 0.5) is 5.69 Å². The zero-order valence-electron chi connectivity index (χ0n) is 14.3. The number of rotatable bonds is 2. The molecule has 2 heterocycles. The van der Waals surface area contributed by atoms with Crippen LogP contribution in [0.2, 0.25) is 0 Å². The number of fused-ring (bicyclic) bond motifs is 1. The molecule has 0 spiro atoms. The second-order valence-electron chi connectivity index (χ2n) is 6.61.